The summed E-state index contributed by atoms with van der Waals surface area (Å²) in [5.74, 6) is 2.43. The molecule has 156 valence electrons. The van der Waals surface area contributed by atoms with E-state index in [1.165, 1.54) is 18.2 Å². The van der Waals surface area contributed by atoms with Crippen molar-refractivity contribution in [2.75, 3.05) is 26.0 Å². The van der Waals surface area contributed by atoms with Crippen LogP contribution >= 0.6 is 11.8 Å². The zero-order valence-corrected chi connectivity index (χ0v) is 18.0. The van der Waals surface area contributed by atoms with Gasteiger partial charge in [0.05, 0.1) is 18.6 Å². The van der Waals surface area contributed by atoms with Crippen LogP contribution in [0, 0.1) is 5.92 Å². The predicted molar refractivity (Wildman–Crippen MR) is 117 cm³/mol. The normalized spacial score (nSPS) is 16.5. The summed E-state index contributed by atoms with van der Waals surface area (Å²) >= 11 is 1.41. The first-order valence-electron chi connectivity index (χ1n) is 10.1. The molecule has 0 bridgehead atoms. The molecule has 1 aromatic carbocycles. The van der Waals surface area contributed by atoms with E-state index in [0.29, 0.717) is 28.4 Å². The van der Waals surface area contributed by atoms with Gasteiger partial charge in [0.25, 0.3) is 0 Å². The molecule has 1 aliphatic rings. The Labute approximate surface area is 180 Å². The first-order valence-corrected chi connectivity index (χ1v) is 11.1. The number of hydrogen-bond acceptors (Lipinski definition) is 6. The molecular formula is C22H25N5O2S. The van der Waals surface area contributed by atoms with Crippen molar-refractivity contribution in [3.05, 3.63) is 48.8 Å². The van der Waals surface area contributed by atoms with Gasteiger partial charge in [-0.15, -0.1) is 10.2 Å². The monoisotopic (exact) mass is 423 g/mol. The first-order chi connectivity index (χ1) is 14.7. The fourth-order valence-electron chi connectivity index (χ4n) is 3.72. The Kier molecular flexibility index (Phi) is 6.32. The maximum atomic E-state index is 12.8. The second-order valence-corrected chi connectivity index (χ2v) is 8.37. The van der Waals surface area contributed by atoms with E-state index in [1.807, 2.05) is 45.9 Å². The summed E-state index contributed by atoms with van der Waals surface area (Å²) in [5, 5.41) is 9.49. The highest BCUT2D eigenvalue weighted by molar-refractivity contribution is 7.99. The predicted octanol–water partition coefficient (Wildman–Crippen LogP) is 3.69. The van der Waals surface area contributed by atoms with Crippen LogP contribution in [0.1, 0.15) is 19.8 Å². The van der Waals surface area contributed by atoms with Gasteiger partial charge in [0.15, 0.2) is 11.0 Å². The number of ether oxygens (including phenoxy) is 1. The molecule has 3 aromatic rings. The minimum Gasteiger partial charge on any atom is -0.495 e. The lowest BCUT2D eigenvalue weighted by molar-refractivity contribution is -0.130. The topological polar surface area (TPSA) is 73.1 Å². The number of likely N-dealkylation sites (tertiary alicyclic amines) is 1. The number of para-hydroxylation sites is 2. The van der Waals surface area contributed by atoms with Gasteiger partial charge in [-0.2, -0.15) is 0 Å². The minimum atomic E-state index is 0.145. The maximum Gasteiger partial charge on any atom is 0.233 e. The molecule has 3 heterocycles. The molecule has 7 nitrogen and oxygen atoms in total. The van der Waals surface area contributed by atoms with Gasteiger partial charge in [0.1, 0.15) is 5.75 Å². The van der Waals surface area contributed by atoms with E-state index in [0.717, 1.165) is 30.8 Å². The van der Waals surface area contributed by atoms with E-state index >= 15 is 0 Å². The van der Waals surface area contributed by atoms with Crippen LogP contribution < -0.4 is 4.74 Å². The number of nitrogens with zero attached hydrogens (tertiary/aromatic N) is 5. The number of amides is 1. The number of carbonyl (C=O) groups is 1. The summed E-state index contributed by atoms with van der Waals surface area (Å²) in [6.45, 7) is 3.87. The number of pyridine rings is 1. The van der Waals surface area contributed by atoms with Crippen molar-refractivity contribution in [2.45, 2.75) is 24.9 Å². The van der Waals surface area contributed by atoms with Crippen molar-refractivity contribution in [1.82, 2.24) is 24.6 Å². The van der Waals surface area contributed by atoms with Crippen LogP contribution in [0.3, 0.4) is 0 Å². The van der Waals surface area contributed by atoms with E-state index in [1.54, 1.807) is 19.5 Å². The molecule has 1 saturated heterocycles. The second kappa shape index (κ2) is 9.30. The molecule has 1 aliphatic heterocycles. The Morgan fingerprint density at radius 2 is 2.00 bits per heavy atom. The molecule has 0 N–H and O–H groups in total. The molecule has 1 atom stereocenters. The van der Waals surface area contributed by atoms with Crippen molar-refractivity contribution >= 4 is 17.7 Å². The molecule has 1 amide bonds. The quantitative estimate of drug-likeness (QED) is 0.563. The van der Waals surface area contributed by atoms with Gasteiger partial charge in [-0.25, -0.2) is 0 Å². The minimum absolute atomic E-state index is 0.145. The van der Waals surface area contributed by atoms with Gasteiger partial charge >= 0.3 is 0 Å². The molecule has 4 rings (SSSR count). The zero-order chi connectivity index (χ0) is 20.9. The highest BCUT2D eigenvalue weighted by atomic mass is 32.2. The number of methoxy groups -OCH3 is 1. The summed E-state index contributed by atoms with van der Waals surface area (Å²) in [4.78, 5) is 18.8. The van der Waals surface area contributed by atoms with E-state index in [9.17, 15) is 4.79 Å². The average Bonchev–Trinajstić information content (AvgIpc) is 3.21. The van der Waals surface area contributed by atoms with E-state index in [-0.39, 0.29) is 5.91 Å². The van der Waals surface area contributed by atoms with E-state index < -0.39 is 0 Å². The number of benzene rings is 1. The standard InChI is InChI=1S/C22H25N5O2S/c1-16-6-5-13-26(14-16)20(28)15-30-22-25-24-21(17-9-11-23-12-10-17)27(22)18-7-3-4-8-19(18)29-2/h3-4,7-12,16H,5-6,13-15H2,1-2H3. The Morgan fingerprint density at radius 3 is 2.77 bits per heavy atom. The number of rotatable bonds is 6. The summed E-state index contributed by atoms with van der Waals surface area (Å²) in [7, 11) is 1.64. The van der Waals surface area contributed by atoms with Crippen molar-refractivity contribution in [3.8, 4) is 22.8 Å². The summed E-state index contributed by atoms with van der Waals surface area (Å²) in [6.07, 6.45) is 5.71. The third-order valence-electron chi connectivity index (χ3n) is 5.23. The van der Waals surface area contributed by atoms with Crippen LogP contribution in [0.2, 0.25) is 0 Å². The van der Waals surface area contributed by atoms with Crippen molar-refractivity contribution in [2.24, 2.45) is 5.92 Å². The van der Waals surface area contributed by atoms with Crippen LogP contribution in [-0.4, -0.2) is 56.5 Å². The van der Waals surface area contributed by atoms with Crippen LogP contribution in [0.15, 0.2) is 53.9 Å². The molecule has 1 unspecified atom stereocenters. The summed E-state index contributed by atoms with van der Waals surface area (Å²) in [6, 6.07) is 11.5. The third kappa shape index (κ3) is 4.33. The summed E-state index contributed by atoms with van der Waals surface area (Å²) in [5.41, 5.74) is 1.73. The molecule has 0 aliphatic carbocycles. The molecule has 0 spiro atoms. The molecule has 8 heteroatoms. The van der Waals surface area contributed by atoms with Crippen molar-refractivity contribution in [1.29, 1.82) is 0 Å². The highest BCUT2D eigenvalue weighted by Gasteiger charge is 2.23. The Balaban J connectivity index is 1.65. The maximum absolute atomic E-state index is 12.8. The molecule has 0 saturated carbocycles. The molecular weight excluding hydrogens is 398 g/mol. The van der Waals surface area contributed by atoms with E-state index in [4.69, 9.17) is 4.74 Å². The van der Waals surface area contributed by atoms with Crippen molar-refractivity contribution < 1.29 is 9.53 Å². The van der Waals surface area contributed by atoms with Crippen LogP contribution in [-0.2, 0) is 4.79 Å². The van der Waals surface area contributed by atoms with Gasteiger partial charge in [-0.3, -0.25) is 14.3 Å². The smallest absolute Gasteiger partial charge is 0.233 e. The Morgan fingerprint density at radius 1 is 1.20 bits per heavy atom. The lowest BCUT2D eigenvalue weighted by Gasteiger charge is -2.30. The van der Waals surface area contributed by atoms with Crippen molar-refractivity contribution in [3.63, 3.8) is 0 Å². The van der Waals surface area contributed by atoms with Gasteiger partial charge < -0.3 is 9.64 Å². The lowest BCUT2D eigenvalue weighted by atomic mass is 10.0. The molecule has 30 heavy (non-hydrogen) atoms. The van der Waals surface area contributed by atoms with Gasteiger partial charge in [0.2, 0.25) is 5.91 Å². The van der Waals surface area contributed by atoms with Crippen LogP contribution in [0.5, 0.6) is 5.75 Å². The molecule has 2 aromatic heterocycles. The Bertz CT molecular complexity index is 1010. The zero-order valence-electron chi connectivity index (χ0n) is 17.2. The number of carbonyl (C=O) groups excluding carboxylic acids is 1. The fourth-order valence-corrected chi connectivity index (χ4v) is 4.56. The van der Waals surface area contributed by atoms with Gasteiger partial charge in [-0.05, 0) is 43.0 Å². The largest absolute Gasteiger partial charge is 0.495 e. The van der Waals surface area contributed by atoms with Crippen LogP contribution in [0.25, 0.3) is 17.1 Å². The number of aromatic nitrogens is 4. The van der Waals surface area contributed by atoms with Crippen LogP contribution in [0.4, 0.5) is 0 Å². The van der Waals surface area contributed by atoms with Gasteiger partial charge in [-0.1, -0.05) is 30.8 Å². The number of hydrogen-bond donors (Lipinski definition) is 0. The first kappa shape index (κ1) is 20.4. The summed E-state index contributed by atoms with van der Waals surface area (Å²) < 4.78 is 7.52. The molecule has 1 fully saturated rings. The SMILES string of the molecule is COc1ccccc1-n1c(SCC(=O)N2CCCC(C)C2)nnc1-c1ccncc1. The fraction of sp³-hybridized carbons (Fsp3) is 0.364. The van der Waals surface area contributed by atoms with Gasteiger partial charge in [0, 0.05) is 31.0 Å². The Hall–Kier alpha value is -2.87. The second-order valence-electron chi connectivity index (χ2n) is 7.43. The molecule has 0 radical (unpaired) electrons. The van der Waals surface area contributed by atoms with E-state index in [2.05, 4.69) is 22.1 Å². The third-order valence-corrected chi connectivity index (χ3v) is 6.15. The average molecular weight is 424 g/mol. The highest BCUT2D eigenvalue weighted by Crippen LogP contribution is 2.32. The number of thioether (sulfide) groups is 1. The lowest BCUT2D eigenvalue weighted by Crippen LogP contribution is -2.40. The number of piperidine rings is 1.